The van der Waals surface area contributed by atoms with Crippen LogP contribution in [0.5, 0.6) is 0 Å². The van der Waals surface area contributed by atoms with Gasteiger partial charge in [-0.1, -0.05) is 15.9 Å². The van der Waals surface area contributed by atoms with E-state index in [0.29, 0.717) is 12.0 Å². The first-order valence-electron chi connectivity index (χ1n) is 3.41. The molecule has 0 heterocycles. The highest BCUT2D eigenvalue weighted by molar-refractivity contribution is 9.11. The molecule has 0 amide bonds. The van der Waals surface area contributed by atoms with Crippen molar-refractivity contribution in [3.05, 3.63) is 10.6 Å². The third-order valence-corrected chi connectivity index (χ3v) is 2.42. The van der Waals surface area contributed by atoms with E-state index in [1.165, 1.54) is 0 Å². The van der Waals surface area contributed by atoms with E-state index in [2.05, 4.69) is 15.9 Å². The zero-order valence-electron chi connectivity index (χ0n) is 5.68. The minimum atomic E-state index is -1.54. The monoisotopic (exact) mass is 206 g/mol. The largest absolute Gasteiger partial charge is 0.362 e. The summed E-state index contributed by atoms with van der Waals surface area (Å²) in [7, 11) is 0. The van der Waals surface area contributed by atoms with Gasteiger partial charge in [0.15, 0.2) is 5.79 Å². The first-order valence-corrected chi connectivity index (χ1v) is 4.33. The fourth-order valence-electron chi connectivity index (χ4n) is 1.19. The molecular weight excluding hydrogens is 196 g/mol. The average molecular weight is 207 g/mol. The summed E-state index contributed by atoms with van der Waals surface area (Å²) in [5, 5.41) is 18.6. The number of hydrogen-bond donors (Lipinski definition) is 2. The zero-order valence-corrected chi connectivity index (χ0v) is 7.26. The molecule has 0 bridgehead atoms. The fourth-order valence-corrected chi connectivity index (χ4v) is 1.79. The summed E-state index contributed by atoms with van der Waals surface area (Å²) in [6, 6.07) is 0. The Balaban J connectivity index is 2.70. The SMILES string of the molecule is OC1(O)CCCCC1=CBr. The molecular formula is C7H11BrO2. The van der Waals surface area contributed by atoms with Gasteiger partial charge in [0.05, 0.1) is 0 Å². The molecule has 0 aliphatic heterocycles. The second-order valence-corrected chi connectivity index (χ2v) is 3.12. The zero-order chi connectivity index (χ0) is 7.61. The van der Waals surface area contributed by atoms with Gasteiger partial charge in [-0.2, -0.15) is 0 Å². The predicted molar refractivity (Wildman–Crippen MR) is 42.6 cm³/mol. The van der Waals surface area contributed by atoms with E-state index >= 15 is 0 Å². The van der Waals surface area contributed by atoms with Crippen LogP contribution in [0.15, 0.2) is 10.6 Å². The molecule has 0 aromatic rings. The molecule has 0 aromatic carbocycles. The Labute approximate surface area is 68.7 Å². The number of hydrogen-bond acceptors (Lipinski definition) is 2. The van der Waals surface area contributed by atoms with Crippen molar-refractivity contribution >= 4 is 15.9 Å². The van der Waals surface area contributed by atoms with E-state index in [-0.39, 0.29) is 0 Å². The summed E-state index contributed by atoms with van der Waals surface area (Å²) < 4.78 is 0. The van der Waals surface area contributed by atoms with Crippen LogP contribution >= 0.6 is 15.9 Å². The first-order chi connectivity index (χ1) is 4.67. The van der Waals surface area contributed by atoms with Gasteiger partial charge >= 0.3 is 0 Å². The molecule has 2 nitrogen and oxygen atoms in total. The Morgan fingerprint density at radius 1 is 1.40 bits per heavy atom. The first kappa shape index (κ1) is 8.24. The second-order valence-electron chi connectivity index (χ2n) is 2.66. The minimum absolute atomic E-state index is 0.463. The Morgan fingerprint density at radius 2 is 2.10 bits per heavy atom. The summed E-state index contributed by atoms with van der Waals surface area (Å²) in [6.07, 6.45) is 3.21. The lowest BCUT2D eigenvalue weighted by Gasteiger charge is -2.28. The van der Waals surface area contributed by atoms with Crippen LogP contribution < -0.4 is 0 Å². The van der Waals surface area contributed by atoms with Crippen LogP contribution in [0.4, 0.5) is 0 Å². The van der Waals surface area contributed by atoms with Crippen molar-refractivity contribution in [1.29, 1.82) is 0 Å². The van der Waals surface area contributed by atoms with Crippen LogP contribution in [-0.2, 0) is 0 Å². The van der Waals surface area contributed by atoms with Crippen molar-refractivity contribution in [2.75, 3.05) is 0 Å². The summed E-state index contributed by atoms with van der Waals surface area (Å²) in [4.78, 5) is 1.62. The van der Waals surface area contributed by atoms with Crippen LogP contribution in [0.25, 0.3) is 0 Å². The highest BCUT2D eigenvalue weighted by atomic mass is 79.9. The molecule has 0 atom stereocenters. The highest BCUT2D eigenvalue weighted by Crippen LogP contribution is 2.31. The van der Waals surface area contributed by atoms with Gasteiger partial charge in [0.1, 0.15) is 0 Å². The van der Waals surface area contributed by atoms with Crippen molar-refractivity contribution in [1.82, 2.24) is 0 Å². The third kappa shape index (κ3) is 1.59. The molecule has 0 saturated heterocycles. The van der Waals surface area contributed by atoms with Gasteiger partial charge in [0.25, 0.3) is 0 Å². The molecule has 0 radical (unpaired) electrons. The second kappa shape index (κ2) is 3.03. The lowest BCUT2D eigenvalue weighted by molar-refractivity contribution is -0.142. The lowest BCUT2D eigenvalue weighted by Crippen LogP contribution is -2.33. The van der Waals surface area contributed by atoms with E-state index in [1.54, 1.807) is 4.99 Å². The molecule has 58 valence electrons. The Kier molecular flexibility index (Phi) is 2.50. The number of rotatable bonds is 0. The summed E-state index contributed by atoms with van der Waals surface area (Å²) in [6.45, 7) is 0. The van der Waals surface area contributed by atoms with Gasteiger partial charge in [0.2, 0.25) is 0 Å². The van der Waals surface area contributed by atoms with E-state index in [9.17, 15) is 10.2 Å². The van der Waals surface area contributed by atoms with Crippen LogP contribution in [-0.4, -0.2) is 16.0 Å². The van der Waals surface area contributed by atoms with Crippen molar-refractivity contribution in [3.63, 3.8) is 0 Å². The predicted octanol–water partition coefficient (Wildman–Crippen LogP) is 1.52. The normalized spacial score (nSPS) is 28.9. The molecule has 1 rings (SSSR count). The molecule has 10 heavy (non-hydrogen) atoms. The van der Waals surface area contributed by atoms with Crippen molar-refractivity contribution in [2.45, 2.75) is 31.5 Å². The third-order valence-electron chi connectivity index (χ3n) is 1.87. The Bertz CT molecular complexity index is 152. The van der Waals surface area contributed by atoms with Gasteiger partial charge in [-0.05, 0) is 29.8 Å². The van der Waals surface area contributed by atoms with E-state index in [4.69, 9.17) is 0 Å². The molecule has 0 spiro atoms. The van der Waals surface area contributed by atoms with Crippen LogP contribution in [0.1, 0.15) is 25.7 Å². The standard InChI is InChI=1S/C7H11BrO2/c8-5-6-3-1-2-4-7(6,9)10/h5,9-10H,1-4H2. The average Bonchev–Trinajstić information content (AvgIpc) is 1.87. The number of halogens is 1. The summed E-state index contributed by atoms with van der Waals surface area (Å²) >= 11 is 3.10. The maximum Gasteiger partial charge on any atom is 0.186 e. The Morgan fingerprint density at radius 3 is 2.50 bits per heavy atom. The van der Waals surface area contributed by atoms with E-state index in [0.717, 1.165) is 19.3 Å². The van der Waals surface area contributed by atoms with E-state index in [1.807, 2.05) is 0 Å². The molecule has 0 aromatic heterocycles. The van der Waals surface area contributed by atoms with Gasteiger partial charge < -0.3 is 10.2 Å². The maximum absolute atomic E-state index is 9.29. The fraction of sp³-hybridized carbons (Fsp3) is 0.714. The molecule has 1 aliphatic rings. The van der Waals surface area contributed by atoms with Crippen LogP contribution in [0.2, 0.25) is 0 Å². The highest BCUT2D eigenvalue weighted by Gasteiger charge is 2.30. The quantitative estimate of drug-likeness (QED) is 0.591. The molecule has 1 aliphatic carbocycles. The minimum Gasteiger partial charge on any atom is -0.362 e. The van der Waals surface area contributed by atoms with Crippen molar-refractivity contribution in [2.24, 2.45) is 0 Å². The molecule has 3 heteroatoms. The topological polar surface area (TPSA) is 40.5 Å². The number of aliphatic hydroxyl groups is 2. The van der Waals surface area contributed by atoms with E-state index < -0.39 is 5.79 Å². The maximum atomic E-state index is 9.29. The Hall–Kier alpha value is 0.140. The van der Waals surface area contributed by atoms with Gasteiger partial charge in [-0.25, -0.2) is 0 Å². The van der Waals surface area contributed by atoms with Gasteiger partial charge in [-0.15, -0.1) is 0 Å². The molecule has 1 saturated carbocycles. The van der Waals surface area contributed by atoms with Crippen molar-refractivity contribution < 1.29 is 10.2 Å². The smallest absolute Gasteiger partial charge is 0.186 e. The van der Waals surface area contributed by atoms with Crippen LogP contribution in [0.3, 0.4) is 0 Å². The molecule has 0 unspecified atom stereocenters. The lowest BCUT2D eigenvalue weighted by atomic mass is 9.90. The van der Waals surface area contributed by atoms with Crippen molar-refractivity contribution in [3.8, 4) is 0 Å². The molecule has 2 N–H and O–H groups in total. The summed E-state index contributed by atoms with van der Waals surface area (Å²) in [5.74, 6) is -1.54. The molecule has 1 fully saturated rings. The van der Waals surface area contributed by atoms with Gasteiger partial charge in [0, 0.05) is 6.42 Å². The summed E-state index contributed by atoms with van der Waals surface area (Å²) in [5.41, 5.74) is 0.693. The van der Waals surface area contributed by atoms with Gasteiger partial charge in [-0.3, -0.25) is 0 Å². The van der Waals surface area contributed by atoms with Crippen LogP contribution in [0, 0.1) is 0 Å².